The summed E-state index contributed by atoms with van der Waals surface area (Å²) in [6.07, 6.45) is 0.919. The van der Waals surface area contributed by atoms with Gasteiger partial charge < -0.3 is 9.88 Å². The molecule has 0 saturated carbocycles. The third kappa shape index (κ3) is 4.69. The lowest BCUT2D eigenvalue weighted by Crippen LogP contribution is -2.10. The lowest BCUT2D eigenvalue weighted by Gasteiger charge is -2.13. The van der Waals surface area contributed by atoms with Crippen molar-refractivity contribution in [3.63, 3.8) is 0 Å². The Morgan fingerprint density at radius 3 is 2.29 bits per heavy atom. The second-order valence-corrected chi connectivity index (χ2v) is 8.83. The van der Waals surface area contributed by atoms with E-state index in [2.05, 4.69) is 96.5 Å². The number of aryl methyl sites for hydroxylation is 3. The van der Waals surface area contributed by atoms with Crippen LogP contribution in [-0.4, -0.2) is 26.1 Å². The fourth-order valence-electron chi connectivity index (χ4n) is 4.27. The van der Waals surface area contributed by atoms with Gasteiger partial charge in [0.15, 0.2) is 11.5 Å². The Labute approximate surface area is 200 Å². The van der Waals surface area contributed by atoms with Crippen molar-refractivity contribution in [3.05, 3.63) is 107 Å². The monoisotopic (exact) mass is 447 g/mol. The summed E-state index contributed by atoms with van der Waals surface area (Å²) in [5, 5.41) is 3.58. The average Bonchev–Trinajstić information content (AvgIpc) is 3.19. The molecule has 2 aromatic heterocycles. The van der Waals surface area contributed by atoms with E-state index in [0.717, 1.165) is 41.3 Å². The van der Waals surface area contributed by atoms with Crippen molar-refractivity contribution >= 4 is 17.0 Å². The highest BCUT2D eigenvalue weighted by Gasteiger charge is 2.19. The number of nitrogens with zero attached hydrogens (tertiary/aromatic N) is 4. The van der Waals surface area contributed by atoms with E-state index in [1.165, 1.54) is 22.3 Å². The molecular weight excluding hydrogens is 418 g/mol. The maximum atomic E-state index is 5.00. The first kappa shape index (κ1) is 21.8. The van der Waals surface area contributed by atoms with Gasteiger partial charge in [-0.05, 0) is 44.4 Å². The SMILES string of the molecule is Cc1ccc(Cn2c(-c3cccc(C)c3)nc3nc(C)nc(NCCc4ccccc4)c32)cc1. The molecule has 170 valence electrons. The minimum atomic E-state index is 0.694. The van der Waals surface area contributed by atoms with E-state index in [4.69, 9.17) is 15.0 Å². The van der Waals surface area contributed by atoms with Crippen molar-refractivity contribution < 1.29 is 0 Å². The van der Waals surface area contributed by atoms with Gasteiger partial charge in [-0.25, -0.2) is 15.0 Å². The molecule has 1 N–H and O–H groups in total. The standard InChI is InChI=1S/C29H29N5/c1-20-12-14-24(15-13-20)19-34-26-27(30-17-16-23-9-5-4-6-10-23)31-22(3)32-28(26)33-29(34)25-11-7-8-21(2)18-25/h4-15,18H,16-17,19H2,1-3H3,(H,30,31,32). The van der Waals surface area contributed by atoms with Crippen molar-refractivity contribution in [3.8, 4) is 11.4 Å². The Hall–Kier alpha value is -3.99. The van der Waals surface area contributed by atoms with Gasteiger partial charge in [-0.2, -0.15) is 0 Å². The largest absolute Gasteiger partial charge is 0.368 e. The van der Waals surface area contributed by atoms with Gasteiger partial charge in [0.2, 0.25) is 0 Å². The first-order chi connectivity index (χ1) is 16.6. The van der Waals surface area contributed by atoms with Crippen LogP contribution in [0.25, 0.3) is 22.6 Å². The Balaban J connectivity index is 1.59. The molecule has 5 heteroatoms. The van der Waals surface area contributed by atoms with Crippen LogP contribution in [0.5, 0.6) is 0 Å². The van der Waals surface area contributed by atoms with Gasteiger partial charge in [0.05, 0.1) is 0 Å². The highest BCUT2D eigenvalue weighted by atomic mass is 15.2. The van der Waals surface area contributed by atoms with E-state index in [9.17, 15) is 0 Å². The van der Waals surface area contributed by atoms with Crippen LogP contribution in [0.4, 0.5) is 5.82 Å². The van der Waals surface area contributed by atoms with Gasteiger partial charge in [-0.3, -0.25) is 0 Å². The van der Waals surface area contributed by atoms with Gasteiger partial charge in [0, 0.05) is 18.7 Å². The number of imidazole rings is 1. The number of hydrogen-bond acceptors (Lipinski definition) is 4. The fraction of sp³-hybridized carbons (Fsp3) is 0.207. The van der Waals surface area contributed by atoms with Crippen LogP contribution < -0.4 is 5.32 Å². The summed E-state index contributed by atoms with van der Waals surface area (Å²) in [4.78, 5) is 14.5. The highest BCUT2D eigenvalue weighted by Crippen LogP contribution is 2.29. The number of hydrogen-bond donors (Lipinski definition) is 1. The normalized spacial score (nSPS) is 11.1. The number of benzene rings is 3. The van der Waals surface area contributed by atoms with Gasteiger partial charge in [0.25, 0.3) is 0 Å². The summed E-state index contributed by atoms with van der Waals surface area (Å²) in [6, 6.07) is 27.6. The third-order valence-corrected chi connectivity index (χ3v) is 6.00. The third-order valence-electron chi connectivity index (χ3n) is 6.00. The molecule has 2 heterocycles. The van der Waals surface area contributed by atoms with Crippen LogP contribution in [-0.2, 0) is 13.0 Å². The molecular formula is C29H29N5. The van der Waals surface area contributed by atoms with Gasteiger partial charge in [-0.15, -0.1) is 0 Å². The topological polar surface area (TPSA) is 55.6 Å². The summed E-state index contributed by atoms with van der Waals surface area (Å²) in [6.45, 7) is 7.62. The molecule has 5 aromatic rings. The molecule has 0 aliphatic heterocycles. The van der Waals surface area contributed by atoms with Gasteiger partial charge in [-0.1, -0.05) is 83.9 Å². The number of anilines is 1. The molecule has 0 saturated heterocycles. The summed E-state index contributed by atoms with van der Waals surface area (Å²) in [5.74, 6) is 2.45. The Kier molecular flexibility index (Phi) is 6.09. The maximum Gasteiger partial charge on any atom is 0.183 e. The van der Waals surface area contributed by atoms with Crippen LogP contribution in [0.15, 0.2) is 78.9 Å². The lowest BCUT2D eigenvalue weighted by atomic mass is 10.1. The van der Waals surface area contributed by atoms with Crippen LogP contribution >= 0.6 is 0 Å². The number of nitrogens with one attached hydrogen (secondary N) is 1. The van der Waals surface area contributed by atoms with E-state index < -0.39 is 0 Å². The Morgan fingerprint density at radius 2 is 1.53 bits per heavy atom. The summed E-state index contributed by atoms with van der Waals surface area (Å²) >= 11 is 0. The molecule has 34 heavy (non-hydrogen) atoms. The predicted octanol–water partition coefficient (Wildman–Crippen LogP) is 6.12. The van der Waals surface area contributed by atoms with Crippen molar-refractivity contribution in [1.82, 2.24) is 19.5 Å². The van der Waals surface area contributed by atoms with Crippen molar-refractivity contribution in [2.45, 2.75) is 33.7 Å². The molecule has 0 fully saturated rings. The quantitative estimate of drug-likeness (QED) is 0.326. The first-order valence-corrected chi connectivity index (χ1v) is 11.7. The first-order valence-electron chi connectivity index (χ1n) is 11.7. The molecule has 0 unspecified atom stereocenters. The molecule has 5 rings (SSSR count). The van der Waals surface area contributed by atoms with Gasteiger partial charge >= 0.3 is 0 Å². The minimum absolute atomic E-state index is 0.694. The zero-order chi connectivity index (χ0) is 23.5. The molecule has 0 aliphatic carbocycles. The lowest BCUT2D eigenvalue weighted by molar-refractivity contribution is 0.831. The highest BCUT2D eigenvalue weighted by molar-refractivity contribution is 5.87. The van der Waals surface area contributed by atoms with Crippen molar-refractivity contribution in [1.29, 1.82) is 0 Å². The van der Waals surface area contributed by atoms with E-state index >= 15 is 0 Å². The smallest absolute Gasteiger partial charge is 0.183 e. The van der Waals surface area contributed by atoms with E-state index in [0.29, 0.717) is 12.4 Å². The van der Waals surface area contributed by atoms with Crippen molar-refractivity contribution in [2.24, 2.45) is 0 Å². The maximum absolute atomic E-state index is 5.00. The number of rotatable bonds is 7. The van der Waals surface area contributed by atoms with E-state index in [1.807, 2.05) is 13.0 Å². The Morgan fingerprint density at radius 1 is 0.735 bits per heavy atom. The molecule has 0 spiro atoms. The number of fused-ring (bicyclic) bond motifs is 1. The van der Waals surface area contributed by atoms with Crippen LogP contribution in [0.3, 0.4) is 0 Å². The predicted molar refractivity (Wildman–Crippen MR) is 139 cm³/mol. The van der Waals surface area contributed by atoms with Gasteiger partial charge in [0.1, 0.15) is 17.2 Å². The second-order valence-electron chi connectivity index (χ2n) is 8.83. The minimum Gasteiger partial charge on any atom is -0.368 e. The zero-order valence-corrected chi connectivity index (χ0v) is 19.9. The zero-order valence-electron chi connectivity index (χ0n) is 19.9. The van der Waals surface area contributed by atoms with Crippen molar-refractivity contribution in [2.75, 3.05) is 11.9 Å². The number of aromatic nitrogens is 4. The molecule has 0 atom stereocenters. The van der Waals surface area contributed by atoms with Crippen LogP contribution in [0, 0.1) is 20.8 Å². The van der Waals surface area contributed by atoms with E-state index in [1.54, 1.807) is 0 Å². The molecule has 3 aromatic carbocycles. The van der Waals surface area contributed by atoms with Crippen LogP contribution in [0.1, 0.15) is 28.1 Å². The van der Waals surface area contributed by atoms with E-state index in [-0.39, 0.29) is 0 Å². The molecule has 0 bridgehead atoms. The molecule has 0 radical (unpaired) electrons. The summed E-state index contributed by atoms with van der Waals surface area (Å²) in [7, 11) is 0. The molecule has 0 amide bonds. The average molecular weight is 448 g/mol. The fourth-order valence-corrected chi connectivity index (χ4v) is 4.27. The Bertz CT molecular complexity index is 1420. The molecule has 0 aliphatic rings. The summed E-state index contributed by atoms with van der Waals surface area (Å²) in [5.41, 5.74) is 7.71. The summed E-state index contributed by atoms with van der Waals surface area (Å²) < 4.78 is 2.25. The molecule has 5 nitrogen and oxygen atoms in total. The second kappa shape index (κ2) is 9.48. The van der Waals surface area contributed by atoms with Crippen LogP contribution in [0.2, 0.25) is 0 Å².